The molecule has 0 aliphatic carbocycles. The summed E-state index contributed by atoms with van der Waals surface area (Å²) in [5.41, 5.74) is 3.34. The normalized spacial score (nSPS) is 15.1. The number of rotatable bonds is 8. The Balaban J connectivity index is 1.63. The SMILES string of the molecule is CCNC(=NCc1ccc(OC)c(F)c1)NCc1ccccc1CN1CCOCC1. The van der Waals surface area contributed by atoms with Crippen molar-refractivity contribution in [2.45, 2.75) is 26.6 Å². The van der Waals surface area contributed by atoms with Crippen LogP contribution in [0.1, 0.15) is 23.6 Å². The number of benzene rings is 2. The van der Waals surface area contributed by atoms with E-state index in [0.717, 1.165) is 45.0 Å². The number of nitrogens with one attached hydrogen (secondary N) is 2. The standard InChI is InChI=1S/C23H31FN4O2/c1-3-25-23(26-15-18-8-9-22(29-2)21(24)14-18)27-16-19-6-4-5-7-20(19)17-28-10-12-30-13-11-28/h4-9,14H,3,10-13,15-17H2,1-2H3,(H2,25,26,27). The average Bonchev–Trinajstić information content (AvgIpc) is 2.77. The van der Waals surface area contributed by atoms with E-state index in [1.807, 2.05) is 13.0 Å². The third-order valence-corrected chi connectivity index (χ3v) is 5.04. The molecule has 2 aromatic carbocycles. The lowest BCUT2D eigenvalue weighted by atomic mass is 10.1. The number of morpholine rings is 1. The van der Waals surface area contributed by atoms with E-state index in [-0.39, 0.29) is 11.6 Å². The van der Waals surface area contributed by atoms with Crippen LogP contribution in [0.5, 0.6) is 5.75 Å². The highest BCUT2D eigenvalue weighted by Crippen LogP contribution is 2.18. The Morgan fingerprint density at radius 2 is 1.90 bits per heavy atom. The van der Waals surface area contributed by atoms with E-state index in [4.69, 9.17) is 9.47 Å². The fourth-order valence-corrected chi connectivity index (χ4v) is 3.38. The molecule has 1 heterocycles. The highest BCUT2D eigenvalue weighted by Gasteiger charge is 2.13. The molecule has 30 heavy (non-hydrogen) atoms. The molecule has 1 aliphatic heterocycles. The lowest BCUT2D eigenvalue weighted by Gasteiger charge is -2.27. The fraction of sp³-hybridized carbons (Fsp3) is 0.435. The minimum atomic E-state index is -0.375. The first-order valence-electron chi connectivity index (χ1n) is 10.4. The maximum absolute atomic E-state index is 13.9. The van der Waals surface area contributed by atoms with Crippen LogP contribution in [0.2, 0.25) is 0 Å². The van der Waals surface area contributed by atoms with Crippen molar-refractivity contribution in [2.24, 2.45) is 4.99 Å². The monoisotopic (exact) mass is 414 g/mol. The van der Waals surface area contributed by atoms with Crippen LogP contribution in [-0.2, 0) is 24.4 Å². The molecule has 0 spiro atoms. The second-order valence-corrected chi connectivity index (χ2v) is 7.17. The molecule has 1 saturated heterocycles. The molecular weight excluding hydrogens is 383 g/mol. The zero-order chi connectivity index (χ0) is 21.2. The summed E-state index contributed by atoms with van der Waals surface area (Å²) in [5.74, 6) is 0.569. The van der Waals surface area contributed by atoms with Crippen molar-refractivity contribution in [2.75, 3.05) is 40.0 Å². The third kappa shape index (κ3) is 6.43. The predicted octanol–water partition coefficient (Wildman–Crippen LogP) is 2.92. The van der Waals surface area contributed by atoms with Crippen LogP contribution < -0.4 is 15.4 Å². The second kappa shape index (κ2) is 11.5. The van der Waals surface area contributed by atoms with Gasteiger partial charge in [-0.3, -0.25) is 4.90 Å². The molecule has 1 fully saturated rings. The lowest BCUT2D eigenvalue weighted by molar-refractivity contribution is 0.0341. The molecule has 6 nitrogen and oxygen atoms in total. The van der Waals surface area contributed by atoms with Gasteiger partial charge in [-0.05, 0) is 35.7 Å². The maximum Gasteiger partial charge on any atom is 0.191 e. The summed E-state index contributed by atoms with van der Waals surface area (Å²) >= 11 is 0. The van der Waals surface area contributed by atoms with Crippen LogP contribution in [0.4, 0.5) is 4.39 Å². The van der Waals surface area contributed by atoms with E-state index < -0.39 is 0 Å². The van der Waals surface area contributed by atoms with Gasteiger partial charge in [0.2, 0.25) is 0 Å². The molecule has 0 bridgehead atoms. The van der Waals surface area contributed by atoms with E-state index >= 15 is 0 Å². The number of hydrogen-bond donors (Lipinski definition) is 2. The van der Waals surface area contributed by atoms with Crippen molar-refractivity contribution in [1.29, 1.82) is 0 Å². The number of methoxy groups -OCH3 is 1. The smallest absolute Gasteiger partial charge is 0.191 e. The number of nitrogens with zero attached hydrogens (tertiary/aromatic N) is 2. The Morgan fingerprint density at radius 3 is 2.60 bits per heavy atom. The van der Waals surface area contributed by atoms with Gasteiger partial charge in [-0.2, -0.15) is 0 Å². The van der Waals surface area contributed by atoms with Crippen LogP contribution in [-0.4, -0.2) is 50.8 Å². The summed E-state index contributed by atoms with van der Waals surface area (Å²) in [4.78, 5) is 7.02. The van der Waals surface area contributed by atoms with E-state index in [9.17, 15) is 4.39 Å². The van der Waals surface area contributed by atoms with Gasteiger partial charge in [0, 0.05) is 32.7 Å². The highest BCUT2D eigenvalue weighted by atomic mass is 19.1. The number of ether oxygens (including phenoxy) is 2. The van der Waals surface area contributed by atoms with Gasteiger partial charge in [0.25, 0.3) is 0 Å². The number of halogens is 1. The molecule has 162 valence electrons. The molecule has 2 N–H and O–H groups in total. The van der Waals surface area contributed by atoms with E-state index in [1.165, 1.54) is 24.3 Å². The third-order valence-electron chi connectivity index (χ3n) is 5.04. The summed E-state index contributed by atoms with van der Waals surface area (Å²) in [7, 11) is 1.46. The molecule has 0 radical (unpaired) electrons. The predicted molar refractivity (Wildman–Crippen MR) is 117 cm³/mol. The van der Waals surface area contributed by atoms with Gasteiger partial charge >= 0.3 is 0 Å². The first-order chi connectivity index (χ1) is 14.7. The van der Waals surface area contributed by atoms with Gasteiger partial charge in [0.1, 0.15) is 0 Å². The van der Waals surface area contributed by atoms with Gasteiger partial charge in [-0.15, -0.1) is 0 Å². The van der Waals surface area contributed by atoms with Crippen LogP contribution in [0.3, 0.4) is 0 Å². The fourth-order valence-electron chi connectivity index (χ4n) is 3.38. The Morgan fingerprint density at radius 1 is 1.13 bits per heavy atom. The number of guanidine groups is 1. The van der Waals surface area contributed by atoms with Gasteiger partial charge in [-0.1, -0.05) is 30.3 Å². The molecule has 2 aromatic rings. The highest BCUT2D eigenvalue weighted by molar-refractivity contribution is 5.79. The van der Waals surface area contributed by atoms with Gasteiger partial charge in [0.05, 0.1) is 26.9 Å². The second-order valence-electron chi connectivity index (χ2n) is 7.17. The topological polar surface area (TPSA) is 58.1 Å². The zero-order valence-corrected chi connectivity index (χ0v) is 17.8. The number of aliphatic imine (C=N–C) groups is 1. The first-order valence-corrected chi connectivity index (χ1v) is 10.4. The van der Waals surface area contributed by atoms with Gasteiger partial charge in [0.15, 0.2) is 17.5 Å². The zero-order valence-electron chi connectivity index (χ0n) is 17.8. The van der Waals surface area contributed by atoms with Crippen LogP contribution in [0.25, 0.3) is 0 Å². The molecule has 1 aliphatic rings. The Labute approximate surface area is 178 Å². The van der Waals surface area contributed by atoms with Crippen molar-refractivity contribution in [1.82, 2.24) is 15.5 Å². The Bertz CT molecular complexity index is 838. The van der Waals surface area contributed by atoms with Crippen molar-refractivity contribution in [3.8, 4) is 5.75 Å². The maximum atomic E-state index is 13.9. The molecule has 0 atom stereocenters. The number of hydrogen-bond acceptors (Lipinski definition) is 4. The molecule has 7 heteroatoms. The first kappa shape index (κ1) is 22.1. The molecule has 3 rings (SSSR count). The molecule has 0 saturated carbocycles. The Hall–Kier alpha value is -2.64. The van der Waals surface area contributed by atoms with Crippen molar-refractivity contribution >= 4 is 5.96 Å². The quantitative estimate of drug-likeness (QED) is 0.514. The van der Waals surface area contributed by atoms with Crippen LogP contribution in [0, 0.1) is 5.82 Å². The minimum absolute atomic E-state index is 0.240. The Kier molecular flexibility index (Phi) is 8.47. The summed E-state index contributed by atoms with van der Waals surface area (Å²) in [6.07, 6.45) is 0. The van der Waals surface area contributed by atoms with Crippen LogP contribution >= 0.6 is 0 Å². The van der Waals surface area contributed by atoms with Crippen molar-refractivity contribution < 1.29 is 13.9 Å². The van der Waals surface area contributed by atoms with E-state index in [0.29, 0.717) is 19.0 Å². The van der Waals surface area contributed by atoms with Gasteiger partial charge < -0.3 is 20.1 Å². The molecule has 0 unspecified atom stereocenters. The molecule has 0 aromatic heterocycles. The van der Waals surface area contributed by atoms with Gasteiger partial charge in [-0.25, -0.2) is 9.38 Å². The summed E-state index contributed by atoms with van der Waals surface area (Å²) < 4.78 is 24.3. The van der Waals surface area contributed by atoms with Crippen molar-refractivity contribution in [3.63, 3.8) is 0 Å². The summed E-state index contributed by atoms with van der Waals surface area (Å²) in [6, 6.07) is 13.4. The van der Waals surface area contributed by atoms with E-state index in [2.05, 4.69) is 44.8 Å². The van der Waals surface area contributed by atoms with Crippen molar-refractivity contribution in [3.05, 3.63) is 65.0 Å². The average molecular weight is 415 g/mol. The summed E-state index contributed by atoms with van der Waals surface area (Å²) in [5, 5.41) is 6.65. The van der Waals surface area contributed by atoms with E-state index in [1.54, 1.807) is 6.07 Å². The summed E-state index contributed by atoms with van der Waals surface area (Å²) in [6.45, 7) is 8.26. The minimum Gasteiger partial charge on any atom is -0.494 e. The van der Waals surface area contributed by atoms with Crippen LogP contribution in [0.15, 0.2) is 47.5 Å². The largest absolute Gasteiger partial charge is 0.494 e. The molecule has 0 amide bonds. The lowest BCUT2D eigenvalue weighted by Crippen LogP contribution is -2.38. The molecular formula is C23H31FN4O2.